The van der Waals surface area contributed by atoms with Crippen molar-refractivity contribution in [1.82, 2.24) is 0 Å². The van der Waals surface area contributed by atoms with Crippen molar-refractivity contribution >= 4 is 22.1 Å². The summed E-state index contributed by atoms with van der Waals surface area (Å²) in [6.07, 6.45) is 3.08. The molecule has 5 heteroatoms. The minimum absolute atomic E-state index is 0.0344. The van der Waals surface area contributed by atoms with Gasteiger partial charge in [0.2, 0.25) is 0 Å². The maximum absolute atomic E-state index is 12.8. The Balaban J connectivity index is 2.03. The summed E-state index contributed by atoms with van der Waals surface area (Å²) in [7, 11) is 3.13. The Bertz CT molecular complexity index is 706. The molecule has 0 aliphatic heterocycles. The quantitative estimate of drug-likeness (QED) is 0.882. The van der Waals surface area contributed by atoms with E-state index in [4.69, 9.17) is 15.2 Å². The number of methoxy groups -OCH3 is 2. The smallest absolute Gasteiger partial charge is 0.196 e. The summed E-state index contributed by atoms with van der Waals surface area (Å²) in [4.78, 5) is 14.0. The van der Waals surface area contributed by atoms with Crippen molar-refractivity contribution in [3.8, 4) is 11.5 Å². The molecule has 21 heavy (non-hydrogen) atoms. The van der Waals surface area contributed by atoms with Gasteiger partial charge in [0.05, 0.1) is 24.8 Å². The van der Waals surface area contributed by atoms with Crippen molar-refractivity contribution in [2.24, 2.45) is 0 Å². The fraction of sp³-hybridized carbons (Fsp3) is 0.312. The average Bonchev–Trinajstić information content (AvgIpc) is 3.05. The van der Waals surface area contributed by atoms with Gasteiger partial charge >= 0.3 is 0 Å². The molecule has 0 saturated heterocycles. The van der Waals surface area contributed by atoms with Gasteiger partial charge in [-0.05, 0) is 43.0 Å². The second kappa shape index (κ2) is 5.41. The van der Waals surface area contributed by atoms with Crippen LogP contribution in [0.3, 0.4) is 0 Å². The predicted molar refractivity (Wildman–Crippen MR) is 83.7 cm³/mol. The molecule has 0 atom stereocenters. The fourth-order valence-corrected chi connectivity index (χ4v) is 3.95. The van der Waals surface area contributed by atoms with Crippen LogP contribution in [0, 0.1) is 0 Å². The van der Waals surface area contributed by atoms with Crippen LogP contribution in [-0.2, 0) is 12.8 Å². The number of anilines is 1. The molecule has 2 aromatic rings. The minimum atomic E-state index is -0.0344. The topological polar surface area (TPSA) is 61.5 Å². The molecule has 4 nitrogen and oxygen atoms in total. The van der Waals surface area contributed by atoms with Crippen LogP contribution in [0.15, 0.2) is 18.2 Å². The molecule has 1 aliphatic rings. The molecule has 0 saturated carbocycles. The van der Waals surface area contributed by atoms with Crippen LogP contribution in [0.2, 0.25) is 0 Å². The molecule has 0 fully saturated rings. The first kappa shape index (κ1) is 13.9. The van der Waals surface area contributed by atoms with E-state index in [0.29, 0.717) is 27.6 Å². The lowest BCUT2D eigenvalue weighted by Gasteiger charge is -2.09. The van der Waals surface area contributed by atoms with E-state index in [1.807, 2.05) is 0 Å². The monoisotopic (exact) mass is 303 g/mol. The van der Waals surface area contributed by atoms with E-state index in [1.54, 1.807) is 43.8 Å². The zero-order chi connectivity index (χ0) is 15.0. The van der Waals surface area contributed by atoms with Crippen LogP contribution in [0.5, 0.6) is 11.5 Å². The zero-order valence-corrected chi connectivity index (χ0v) is 12.9. The van der Waals surface area contributed by atoms with Gasteiger partial charge in [-0.2, -0.15) is 0 Å². The van der Waals surface area contributed by atoms with E-state index in [1.165, 1.54) is 4.88 Å². The Morgan fingerprint density at radius 2 is 1.95 bits per heavy atom. The van der Waals surface area contributed by atoms with E-state index >= 15 is 0 Å². The third kappa shape index (κ3) is 2.27. The van der Waals surface area contributed by atoms with Gasteiger partial charge in [0, 0.05) is 10.4 Å². The highest BCUT2D eigenvalue weighted by atomic mass is 32.1. The molecule has 0 bridgehead atoms. The van der Waals surface area contributed by atoms with Gasteiger partial charge in [-0.25, -0.2) is 0 Å². The average molecular weight is 303 g/mol. The third-order valence-corrected chi connectivity index (χ3v) is 4.94. The Morgan fingerprint density at radius 3 is 2.67 bits per heavy atom. The molecule has 3 rings (SSSR count). The SMILES string of the molecule is COc1ccc(C(=O)c2c(N)sc3c2CCC3)cc1OC. The number of ether oxygens (including phenoxy) is 2. The number of hydrogen-bond donors (Lipinski definition) is 1. The van der Waals surface area contributed by atoms with Crippen molar-refractivity contribution in [3.63, 3.8) is 0 Å². The molecule has 2 N–H and O–H groups in total. The summed E-state index contributed by atoms with van der Waals surface area (Å²) in [5.41, 5.74) is 8.45. The van der Waals surface area contributed by atoms with Crippen LogP contribution in [0.4, 0.5) is 5.00 Å². The number of benzene rings is 1. The molecule has 1 aromatic heterocycles. The van der Waals surface area contributed by atoms with Gasteiger partial charge < -0.3 is 15.2 Å². The third-order valence-electron chi connectivity index (χ3n) is 3.82. The molecule has 110 valence electrons. The van der Waals surface area contributed by atoms with Crippen molar-refractivity contribution in [2.45, 2.75) is 19.3 Å². The second-order valence-corrected chi connectivity index (χ2v) is 6.13. The number of thiophene rings is 1. The number of carbonyl (C=O) groups is 1. The largest absolute Gasteiger partial charge is 0.493 e. The Hall–Kier alpha value is -2.01. The highest BCUT2D eigenvalue weighted by Gasteiger charge is 2.26. The number of hydrogen-bond acceptors (Lipinski definition) is 5. The van der Waals surface area contributed by atoms with E-state index < -0.39 is 0 Å². The lowest BCUT2D eigenvalue weighted by atomic mass is 10.00. The van der Waals surface area contributed by atoms with E-state index in [2.05, 4.69) is 0 Å². The van der Waals surface area contributed by atoms with Crippen LogP contribution in [-0.4, -0.2) is 20.0 Å². The first-order valence-corrected chi connectivity index (χ1v) is 7.64. The van der Waals surface area contributed by atoms with Gasteiger partial charge in [0.15, 0.2) is 17.3 Å². The van der Waals surface area contributed by atoms with Gasteiger partial charge in [0.1, 0.15) is 0 Å². The van der Waals surface area contributed by atoms with Crippen molar-refractivity contribution in [2.75, 3.05) is 20.0 Å². The second-order valence-electron chi connectivity index (χ2n) is 5.00. The molecule has 1 heterocycles. The summed E-state index contributed by atoms with van der Waals surface area (Å²) < 4.78 is 10.5. The number of fused-ring (bicyclic) bond motifs is 1. The Kier molecular flexibility index (Phi) is 3.59. The number of aryl methyl sites for hydroxylation is 1. The maximum atomic E-state index is 12.8. The summed E-state index contributed by atoms with van der Waals surface area (Å²) in [6, 6.07) is 5.20. The summed E-state index contributed by atoms with van der Waals surface area (Å²) in [6.45, 7) is 0. The zero-order valence-electron chi connectivity index (χ0n) is 12.1. The number of nitrogen functional groups attached to an aromatic ring is 1. The Morgan fingerprint density at radius 1 is 1.19 bits per heavy atom. The fourth-order valence-electron chi connectivity index (χ4n) is 2.80. The van der Waals surface area contributed by atoms with Gasteiger partial charge in [-0.15, -0.1) is 11.3 Å². The molecule has 0 unspecified atom stereocenters. The molecule has 0 spiro atoms. The molecule has 0 radical (unpaired) electrons. The van der Waals surface area contributed by atoms with Crippen LogP contribution in [0.1, 0.15) is 32.8 Å². The molecule has 0 amide bonds. The highest BCUT2D eigenvalue weighted by molar-refractivity contribution is 7.16. The lowest BCUT2D eigenvalue weighted by Crippen LogP contribution is -2.06. The summed E-state index contributed by atoms with van der Waals surface area (Å²) in [5, 5.41) is 0.625. The highest BCUT2D eigenvalue weighted by Crippen LogP contribution is 2.39. The van der Waals surface area contributed by atoms with Crippen molar-refractivity contribution < 1.29 is 14.3 Å². The number of carbonyl (C=O) groups excluding carboxylic acids is 1. The van der Waals surface area contributed by atoms with Crippen molar-refractivity contribution in [3.05, 3.63) is 39.8 Å². The van der Waals surface area contributed by atoms with Gasteiger partial charge in [-0.3, -0.25) is 4.79 Å². The first-order valence-electron chi connectivity index (χ1n) is 6.82. The first-order chi connectivity index (χ1) is 10.2. The summed E-state index contributed by atoms with van der Waals surface area (Å²) in [5.74, 6) is 1.12. The van der Waals surface area contributed by atoms with Crippen LogP contribution < -0.4 is 15.2 Å². The van der Waals surface area contributed by atoms with E-state index in [9.17, 15) is 4.79 Å². The molecule has 1 aromatic carbocycles. The van der Waals surface area contributed by atoms with Crippen LogP contribution >= 0.6 is 11.3 Å². The minimum Gasteiger partial charge on any atom is -0.493 e. The lowest BCUT2D eigenvalue weighted by molar-refractivity contribution is 0.103. The standard InChI is InChI=1S/C16H17NO3S/c1-19-11-7-6-9(8-12(11)20-2)15(18)14-10-4-3-5-13(10)21-16(14)17/h6-8H,3-5,17H2,1-2H3. The molecular weight excluding hydrogens is 286 g/mol. The van der Waals surface area contributed by atoms with Crippen LogP contribution in [0.25, 0.3) is 0 Å². The molecular formula is C16H17NO3S. The number of ketones is 1. The van der Waals surface area contributed by atoms with E-state index in [0.717, 1.165) is 24.8 Å². The van der Waals surface area contributed by atoms with E-state index in [-0.39, 0.29) is 5.78 Å². The van der Waals surface area contributed by atoms with Gasteiger partial charge in [-0.1, -0.05) is 0 Å². The normalized spacial score (nSPS) is 13.0. The van der Waals surface area contributed by atoms with Crippen molar-refractivity contribution in [1.29, 1.82) is 0 Å². The Labute approximate surface area is 127 Å². The van der Waals surface area contributed by atoms with Gasteiger partial charge in [0.25, 0.3) is 0 Å². The predicted octanol–water partition coefficient (Wildman–Crippen LogP) is 3.07. The maximum Gasteiger partial charge on any atom is 0.196 e. The molecule has 1 aliphatic carbocycles. The number of nitrogens with two attached hydrogens (primary N) is 1. The summed E-state index contributed by atoms with van der Waals surface area (Å²) >= 11 is 1.55. The number of rotatable bonds is 4.